The summed E-state index contributed by atoms with van der Waals surface area (Å²) in [6, 6.07) is 23.8. The van der Waals surface area contributed by atoms with E-state index in [2.05, 4.69) is 17.0 Å². The molecule has 0 bridgehead atoms. The fourth-order valence-electron chi connectivity index (χ4n) is 4.19. The maximum Gasteiger partial charge on any atom is 0.306 e. The highest BCUT2D eigenvalue weighted by molar-refractivity contribution is 6.42. The summed E-state index contributed by atoms with van der Waals surface area (Å²) in [6.45, 7) is 1.92. The van der Waals surface area contributed by atoms with Crippen LogP contribution in [0.5, 0.6) is 5.75 Å². The highest BCUT2D eigenvalue weighted by Crippen LogP contribution is 2.36. The Balaban J connectivity index is 1.55. The maximum atomic E-state index is 11.4. The molecule has 1 aliphatic heterocycles. The SMILES string of the molecule is O=C(O)C1CCN(C(c2ccc(OCc3ccccc3)cc2)c2ccc(Cl)c(Cl)c2)CC1. The average molecular weight is 470 g/mol. The van der Waals surface area contributed by atoms with Crippen molar-refractivity contribution in [2.45, 2.75) is 25.5 Å². The maximum absolute atomic E-state index is 11.4. The molecule has 0 aromatic heterocycles. The molecule has 166 valence electrons. The lowest BCUT2D eigenvalue weighted by Crippen LogP contribution is -2.39. The Morgan fingerprint density at radius 3 is 2.22 bits per heavy atom. The quantitative estimate of drug-likeness (QED) is 0.431. The predicted octanol–water partition coefficient (Wildman–Crippen LogP) is 6.46. The second kappa shape index (κ2) is 10.4. The van der Waals surface area contributed by atoms with Crippen LogP contribution in [0.3, 0.4) is 0 Å². The first-order valence-electron chi connectivity index (χ1n) is 10.7. The molecule has 3 aromatic rings. The van der Waals surface area contributed by atoms with Crippen molar-refractivity contribution in [1.82, 2.24) is 4.90 Å². The van der Waals surface area contributed by atoms with E-state index in [0.29, 0.717) is 42.6 Å². The van der Waals surface area contributed by atoms with Crippen molar-refractivity contribution < 1.29 is 14.6 Å². The molecule has 1 aliphatic rings. The lowest BCUT2D eigenvalue weighted by molar-refractivity contribution is -0.143. The molecular weight excluding hydrogens is 445 g/mol. The number of rotatable bonds is 7. The molecule has 1 atom stereocenters. The molecule has 0 aliphatic carbocycles. The molecule has 6 heteroatoms. The Kier molecular flexibility index (Phi) is 7.36. The lowest BCUT2D eigenvalue weighted by Gasteiger charge is -2.37. The van der Waals surface area contributed by atoms with Crippen molar-refractivity contribution in [3.8, 4) is 5.75 Å². The normalized spacial score (nSPS) is 15.9. The second-order valence-corrected chi connectivity index (χ2v) is 8.88. The number of carbonyl (C=O) groups is 1. The van der Waals surface area contributed by atoms with Crippen LogP contribution < -0.4 is 4.74 Å². The molecule has 1 saturated heterocycles. The molecule has 1 fully saturated rings. The fourth-order valence-corrected chi connectivity index (χ4v) is 4.49. The average Bonchev–Trinajstić information content (AvgIpc) is 2.82. The molecule has 32 heavy (non-hydrogen) atoms. The molecule has 4 nitrogen and oxygen atoms in total. The van der Waals surface area contributed by atoms with Gasteiger partial charge in [-0.2, -0.15) is 0 Å². The van der Waals surface area contributed by atoms with Crippen LogP contribution in [0, 0.1) is 5.92 Å². The number of benzene rings is 3. The number of hydrogen-bond donors (Lipinski definition) is 1. The third-order valence-corrected chi connectivity index (χ3v) is 6.69. The van der Waals surface area contributed by atoms with E-state index in [0.717, 1.165) is 22.4 Å². The van der Waals surface area contributed by atoms with Gasteiger partial charge in [0.25, 0.3) is 0 Å². The zero-order valence-electron chi connectivity index (χ0n) is 17.6. The summed E-state index contributed by atoms with van der Waals surface area (Å²) >= 11 is 12.5. The molecule has 0 saturated carbocycles. The van der Waals surface area contributed by atoms with E-state index in [4.69, 9.17) is 27.9 Å². The number of likely N-dealkylation sites (tertiary alicyclic amines) is 1. The molecule has 0 spiro atoms. The molecule has 0 amide bonds. The standard InChI is InChI=1S/C26H25Cl2NO3/c27-23-11-8-21(16-24(23)28)25(29-14-12-20(13-15-29)26(30)31)19-6-9-22(10-7-19)32-17-18-4-2-1-3-5-18/h1-11,16,20,25H,12-15,17H2,(H,30,31). The van der Waals surface area contributed by atoms with Crippen molar-refractivity contribution in [2.24, 2.45) is 5.92 Å². The highest BCUT2D eigenvalue weighted by Gasteiger charge is 2.30. The van der Waals surface area contributed by atoms with Crippen LogP contribution in [0.25, 0.3) is 0 Å². The third kappa shape index (κ3) is 5.44. The first-order valence-corrected chi connectivity index (χ1v) is 11.5. The summed E-state index contributed by atoms with van der Waals surface area (Å²) in [7, 11) is 0. The van der Waals surface area contributed by atoms with Crippen LogP contribution in [0.4, 0.5) is 0 Å². The minimum atomic E-state index is -0.712. The van der Waals surface area contributed by atoms with Gasteiger partial charge in [0.05, 0.1) is 22.0 Å². The predicted molar refractivity (Wildman–Crippen MR) is 127 cm³/mol. The highest BCUT2D eigenvalue weighted by atomic mass is 35.5. The molecular formula is C26H25Cl2NO3. The number of ether oxygens (including phenoxy) is 1. The van der Waals surface area contributed by atoms with Gasteiger partial charge in [0.1, 0.15) is 12.4 Å². The van der Waals surface area contributed by atoms with Gasteiger partial charge in [-0.15, -0.1) is 0 Å². The molecule has 1 unspecified atom stereocenters. The minimum absolute atomic E-state index is 0.0392. The van der Waals surface area contributed by atoms with Crippen LogP contribution in [0.2, 0.25) is 10.0 Å². The Hall–Kier alpha value is -2.53. The molecule has 4 rings (SSSR count). The van der Waals surface area contributed by atoms with Gasteiger partial charge < -0.3 is 9.84 Å². The second-order valence-electron chi connectivity index (χ2n) is 8.07. The van der Waals surface area contributed by atoms with E-state index in [1.807, 2.05) is 60.7 Å². The third-order valence-electron chi connectivity index (χ3n) is 5.95. The number of halogens is 2. The molecule has 0 radical (unpaired) electrons. The Morgan fingerprint density at radius 1 is 0.938 bits per heavy atom. The van der Waals surface area contributed by atoms with Crippen molar-refractivity contribution in [2.75, 3.05) is 13.1 Å². The Bertz CT molecular complexity index is 1050. The van der Waals surface area contributed by atoms with Gasteiger partial charge >= 0.3 is 5.97 Å². The number of aliphatic carboxylic acids is 1. The smallest absolute Gasteiger partial charge is 0.306 e. The fraction of sp³-hybridized carbons (Fsp3) is 0.269. The number of piperidine rings is 1. The van der Waals surface area contributed by atoms with Gasteiger partial charge in [-0.1, -0.05) is 71.7 Å². The molecule has 1 N–H and O–H groups in total. The first kappa shape index (κ1) is 22.7. The van der Waals surface area contributed by atoms with Gasteiger partial charge in [0.15, 0.2) is 0 Å². The van der Waals surface area contributed by atoms with Gasteiger partial charge in [-0.3, -0.25) is 9.69 Å². The van der Waals surface area contributed by atoms with Crippen LogP contribution in [-0.4, -0.2) is 29.1 Å². The minimum Gasteiger partial charge on any atom is -0.489 e. The summed E-state index contributed by atoms with van der Waals surface area (Å²) in [5, 5.41) is 10.4. The van der Waals surface area contributed by atoms with E-state index in [9.17, 15) is 9.90 Å². The van der Waals surface area contributed by atoms with Crippen molar-refractivity contribution in [3.05, 3.63) is 99.5 Å². The Labute approximate surface area is 198 Å². The van der Waals surface area contributed by atoms with Gasteiger partial charge in [0.2, 0.25) is 0 Å². The lowest BCUT2D eigenvalue weighted by atomic mass is 9.91. The zero-order valence-corrected chi connectivity index (χ0v) is 19.1. The number of hydrogen-bond acceptors (Lipinski definition) is 3. The molecule has 1 heterocycles. The molecule has 3 aromatic carbocycles. The summed E-state index contributed by atoms with van der Waals surface area (Å²) in [5.74, 6) is -0.194. The van der Waals surface area contributed by atoms with Gasteiger partial charge in [-0.25, -0.2) is 0 Å². The summed E-state index contributed by atoms with van der Waals surface area (Å²) < 4.78 is 5.94. The topological polar surface area (TPSA) is 49.8 Å². The number of carboxylic acid groups (broad SMARTS) is 1. The summed E-state index contributed by atoms with van der Waals surface area (Å²) in [5.41, 5.74) is 3.25. The van der Waals surface area contributed by atoms with Crippen molar-refractivity contribution in [3.63, 3.8) is 0 Å². The van der Waals surface area contributed by atoms with Crippen LogP contribution in [0.15, 0.2) is 72.8 Å². The van der Waals surface area contributed by atoms with Crippen molar-refractivity contribution >= 4 is 29.2 Å². The van der Waals surface area contributed by atoms with Gasteiger partial charge in [-0.05, 0) is 66.9 Å². The number of nitrogens with zero attached hydrogens (tertiary/aromatic N) is 1. The van der Waals surface area contributed by atoms with Gasteiger partial charge in [0, 0.05) is 0 Å². The van der Waals surface area contributed by atoms with Crippen LogP contribution in [-0.2, 0) is 11.4 Å². The van der Waals surface area contributed by atoms with Crippen LogP contribution in [0.1, 0.15) is 35.6 Å². The van der Waals surface area contributed by atoms with E-state index in [-0.39, 0.29) is 12.0 Å². The van der Waals surface area contributed by atoms with E-state index in [1.54, 1.807) is 0 Å². The van der Waals surface area contributed by atoms with E-state index >= 15 is 0 Å². The number of carboxylic acids is 1. The zero-order chi connectivity index (χ0) is 22.5. The summed E-state index contributed by atoms with van der Waals surface area (Å²) in [4.78, 5) is 13.7. The first-order chi connectivity index (χ1) is 15.5. The van der Waals surface area contributed by atoms with Crippen LogP contribution >= 0.6 is 23.2 Å². The van der Waals surface area contributed by atoms with E-state index in [1.165, 1.54) is 0 Å². The Morgan fingerprint density at radius 2 is 1.59 bits per heavy atom. The van der Waals surface area contributed by atoms with E-state index < -0.39 is 5.97 Å². The van der Waals surface area contributed by atoms with Crippen molar-refractivity contribution in [1.29, 1.82) is 0 Å². The monoisotopic (exact) mass is 469 g/mol. The largest absolute Gasteiger partial charge is 0.489 e. The summed E-state index contributed by atoms with van der Waals surface area (Å²) in [6.07, 6.45) is 1.26.